The summed E-state index contributed by atoms with van der Waals surface area (Å²) in [4.78, 5) is 33.9. The zero-order valence-corrected chi connectivity index (χ0v) is 15.7. The van der Waals surface area contributed by atoms with Gasteiger partial charge in [-0.1, -0.05) is 18.6 Å². The van der Waals surface area contributed by atoms with Gasteiger partial charge in [0, 0.05) is 24.0 Å². The Bertz CT molecular complexity index is 914. The molecule has 1 saturated carbocycles. The molecular formula is C21H22N4O4. The van der Waals surface area contributed by atoms with Crippen molar-refractivity contribution >= 4 is 17.5 Å². The standard InChI is InChI=1S/C21H22N4O4/c26-20(23-17-3-1-2-16(17)21(27)24-28)15-6-4-13(5-7-15)18-12-19(29-25-18)14-8-10-22-11-9-14/h4-12,16-17,19,25,28H,1-3H2,(H,23,26)(H,24,27). The van der Waals surface area contributed by atoms with Gasteiger partial charge in [-0.25, -0.2) is 5.48 Å². The first-order chi connectivity index (χ1) is 14.2. The third-order valence-electron chi connectivity index (χ3n) is 5.39. The summed E-state index contributed by atoms with van der Waals surface area (Å²) < 4.78 is 0. The van der Waals surface area contributed by atoms with Crippen molar-refractivity contribution in [1.82, 2.24) is 21.3 Å². The first-order valence-electron chi connectivity index (χ1n) is 9.54. The van der Waals surface area contributed by atoms with Crippen LogP contribution < -0.4 is 16.3 Å². The molecule has 3 unspecified atom stereocenters. The van der Waals surface area contributed by atoms with Crippen molar-refractivity contribution < 1.29 is 19.6 Å². The number of carbonyl (C=O) groups is 2. The second kappa shape index (κ2) is 8.42. The van der Waals surface area contributed by atoms with Gasteiger partial charge in [0.15, 0.2) is 0 Å². The molecule has 29 heavy (non-hydrogen) atoms. The van der Waals surface area contributed by atoms with Crippen LogP contribution in [0.1, 0.15) is 46.9 Å². The van der Waals surface area contributed by atoms with Gasteiger partial charge in [0.1, 0.15) is 6.10 Å². The van der Waals surface area contributed by atoms with Gasteiger partial charge in [-0.15, -0.1) is 0 Å². The molecule has 0 radical (unpaired) electrons. The van der Waals surface area contributed by atoms with Gasteiger partial charge in [0.2, 0.25) is 5.91 Å². The SMILES string of the molecule is O=C(NC1CCCC1C(=O)NO)c1ccc(C2=CC(c3ccncc3)ON2)cc1. The molecule has 1 aromatic heterocycles. The third-order valence-corrected chi connectivity index (χ3v) is 5.39. The number of nitrogens with zero attached hydrogens (tertiary/aromatic N) is 1. The van der Waals surface area contributed by atoms with Gasteiger partial charge in [0.05, 0.1) is 11.6 Å². The molecule has 2 aliphatic rings. The van der Waals surface area contributed by atoms with E-state index >= 15 is 0 Å². The molecule has 1 aliphatic carbocycles. The minimum atomic E-state index is -0.453. The monoisotopic (exact) mass is 394 g/mol. The molecule has 2 heterocycles. The highest BCUT2D eigenvalue weighted by molar-refractivity contribution is 5.95. The van der Waals surface area contributed by atoms with Crippen LogP contribution in [0.25, 0.3) is 5.70 Å². The lowest BCUT2D eigenvalue weighted by Gasteiger charge is -2.19. The highest BCUT2D eigenvalue weighted by Crippen LogP contribution is 2.29. The Hall–Kier alpha value is -3.23. The Morgan fingerprint density at radius 1 is 1.10 bits per heavy atom. The average molecular weight is 394 g/mol. The molecule has 2 aromatic rings. The molecule has 1 fully saturated rings. The molecular weight excluding hydrogens is 372 g/mol. The van der Waals surface area contributed by atoms with Crippen LogP contribution >= 0.6 is 0 Å². The highest BCUT2D eigenvalue weighted by atomic mass is 16.7. The largest absolute Gasteiger partial charge is 0.349 e. The van der Waals surface area contributed by atoms with E-state index in [1.807, 2.05) is 30.3 Å². The molecule has 4 rings (SSSR count). The maximum absolute atomic E-state index is 12.6. The van der Waals surface area contributed by atoms with Crippen LogP contribution in [0.15, 0.2) is 54.9 Å². The maximum atomic E-state index is 12.6. The fourth-order valence-corrected chi connectivity index (χ4v) is 3.80. The number of hydroxylamine groups is 2. The Labute approximate surface area is 167 Å². The first kappa shape index (κ1) is 19.1. The molecule has 0 saturated heterocycles. The molecule has 8 nitrogen and oxygen atoms in total. The van der Waals surface area contributed by atoms with Crippen LogP contribution in [0.5, 0.6) is 0 Å². The molecule has 1 aromatic carbocycles. The minimum absolute atomic E-state index is 0.201. The molecule has 8 heteroatoms. The van der Waals surface area contributed by atoms with Gasteiger partial charge < -0.3 is 5.32 Å². The summed E-state index contributed by atoms with van der Waals surface area (Å²) in [5.41, 5.74) is 7.84. The van der Waals surface area contributed by atoms with Crippen molar-refractivity contribution in [3.63, 3.8) is 0 Å². The first-order valence-corrected chi connectivity index (χ1v) is 9.54. The highest BCUT2D eigenvalue weighted by Gasteiger charge is 2.34. The Balaban J connectivity index is 1.42. The van der Waals surface area contributed by atoms with Gasteiger partial charge in [-0.05, 0) is 54.3 Å². The van der Waals surface area contributed by atoms with Gasteiger partial charge in [-0.2, -0.15) is 0 Å². The number of pyridine rings is 1. The lowest BCUT2D eigenvalue weighted by atomic mass is 10.0. The number of aromatic nitrogens is 1. The second-order valence-corrected chi connectivity index (χ2v) is 7.17. The van der Waals surface area contributed by atoms with Crippen molar-refractivity contribution in [3.05, 3.63) is 71.6 Å². The number of rotatable bonds is 5. The predicted molar refractivity (Wildman–Crippen MR) is 104 cm³/mol. The van der Waals surface area contributed by atoms with Crippen LogP contribution in [0.4, 0.5) is 0 Å². The van der Waals surface area contributed by atoms with E-state index in [1.165, 1.54) is 0 Å². The van der Waals surface area contributed by atoms with E-state index in [2.05, 4.69) is 15.8 Å². The zero-order chi connectivity index (χ0) is 20.2. The molecule has 0 spiro atoms. The van der Waals surface area contributed by atoms with Gasteiger partial charge in [0.25, 0.3) is 5.91 Å². The summed E-state index contributed by atoms with van der Waals surface area (Å²) in [5.74, 6) is -1.09. The lowest BCUT2D eigenvalue weighted by molar-refractivity contribution is -0.133. The molecule has 150 valence electrons. The summed E-state index contributed by atoms with van der Waals surface area (Å²) in [6.45, 7) is 0. The smallest absolute Gasteiger partial charge is 0.251 e. The number of benzene rings is 1. The van der Waals surface area contributed by atoms with E-state index in [9.17, 15) is 9.59 Å². The third kappa shape index (κ3) is 4.13. The van der Waals surface area contributed by atoms with Crippen molar-refractivity contribution in [3.8, 4) is 0 Å². The lowest BCUT2D eigenvalue weighted by Crippen LogP contribution is -2.43. The van der Waals surface area contributed by atoms with E-state index in [1.54, 1.807) is 30.0 Å². The van der Waals surface area contributed by atoms with E-state index in [4.69, 9.17) is 10.0 Å². The second-order valence-electron chi connectivity index (χ2n) is 7.17. The summed E-state index contributed by atoms with van der Waals surface area (Å²) in [6, 6.07) is 10.7. The number of carbonyl (C=O) groups excluding carboxylic acids is 2. The molecule has 0 bridgehead atoms. The van der Waals surface area contributed by atoms with Gasteiger partial charge in [-0.3, -0.25) is 30.1 Å². The van der Waals surface area contributed by atoms with Crippen molar-refractivity contribution in [1.29, 1.82) is 0 Å². The molecule has 1 aliphatic heterocycles. The van der Waals surface area contributed by atoms with Crippen LogP contribution in [0, 0.1) is 5.92 Å². The fraction of sp³-hybridized carbons (Fsp3) is 0.286. The van der Waals surface area contributed by atoms with E-state index in [0.717, 1.165) is 23.2 Å². The Morgan fingerprint density at radius 3 is 2.59 bits per heavy atom. The van der Waals surface area contributed by atoms with E-state index in [0.29, 0.717) is 18.4 Å². The number of hydrogen-bond donors (Lipinski definition) is 4. The zero-order valence-electron chi connectivity index (χ0n) is 15.7. The number of hydrogen-bond acceptors (Lipinski definition) is 6. The van der Waals surface area contributed by atoms with Crippen LogP contribution in [0.3, 0.4) is 0 Å². The van der Waals surface area contributed by atoms with Crippen molar-refractivity contribution in [2.45, 2.75) is 31.4 Å². The van der Waals surface area contributed by atoms with E-state index in [-0.39, 0.29) is 18.1 Å². The summed E-state index contributed by atoms with van der Waals surface area (Å²) >= 11 is 0. The summed E-state index contributed by atoms with van der Waals surface area (Å²) in [6.07, 6.45) is 7.41. The normalized spacial score (nSPS) is 23.2. The quantitative estimate of drug-likeness (QED) is 0.456. The Kier molecular flexibility index (Phi) is 5.55. The fourth-order valence-electron chi connectivity index (χ4n) is 3.80. The van der Waals surface area contributed by atoms with Crippen molar-refractivity contribution in [2.75, 3.05) is 0 Å². The Morgan fingerprint density at radius 2 is 1.86 bits per heavy atom. The summed E-state index contributed by atoms with van der Waals surface area (Å²) in [5, 5.41) is 11.8. The minimum Gasteiger partial charge on any atom is -0.349 e. The van der Waals surface area contributed by atoms with Gasteiger partial charge >= 0.3 is 0 Å². The predicted octanol–water partition coefficient (Wildman–Crippen LogP) is 2.10. The van der Waals surface area contributed by atoms with E-state index < -0.39 is 11.8 Å². The topological polar surface area (TPSA) is 113 Å². The maximum Gasteiger partial charge on any atom is 0.251 e. The van der Waals surface area contributed by atoms with Crippen LogP contribution in [-0.4, -0.2) is 28.0 Å². The van der Waals surface area contributed by atoms with Crippen molar-refractivity contribution in [2.24, 2.45) is 5.92 Å². The van der Waals surface area contributed by atoms with Crippen LogP contribution in [-0.2, 0) is 9.63 Å². The molecule has 4 N–H and O–H groups in total. The number of nitrogens with one attached hydrogen (secondary N) is 3. The molecule has 2 amide bonds. The van der Waals surface area contributed by atoms with Crippen LogP contribution in [0.2, 0.25) is 0 Å². The summed E-state index contributed by atoms with van der Waals surface area (Å²) in [7, 11) is 0. The number of amides is 2. The molecule has 3 atom stereocenters. The average Bonchev–Trinajstić information content (AvgIpc) is 3.44.